The topological polar surface area (TPSA) is 67.9 Å². The SMILES string of the molecule is CC(=O)OOCC(=O)NCCCCCCN1CCC(C(c2ccc(Cl)cc2)c2ccc(Cl)cc2)CC1. The van der Waals surface area contributed by atoms with Crippen molar-refractivity contribution >= 4 is 35.1 Å². The molecule has 1 fully saturated rings. The van der Waals surface area contributed by atoms with Gasteiger partial charge in [0.25, 0.3) is 0 Å². The lowest BCUT2D eigenvalue weighted by Crippen LogP contribution is -2.36. The van der Waals surface area contributed by atoms with E-state index >= 15 is 0 Å². The predicted molar refractivity (Wildman–Crippen MR) is 143 cm³/mol. The highest BCUT2D eigenvalue weighted by Gasteiger charge is 2.28. The minimum atomic E-state index is -0.574. The van der Waals surface area contributed by atoms with Crippen molar-refractivity contribution in [3.05, 3.63) is 69.7 Å². The molecule has 196 valence electrons. The van der Waals surface area contributed by atoms with Gasteiger partial charge in [0.15, 0.2) is 6.61 Å². The molecule has 0 spiro atoms. The van der Waals surface area contributed by atoms with E-state index in [1.54, 1.807) is 0 Å². The van der Waals surface area contributed by atoms with Crippen LogP contribution in [-0.2, 0) is 19.4 Å². The van der Waals surface area contributed by atoms with Crippen LogP contribution in [0.1, 0.15) is 62.5 Å². The Morgan fingerprint density at radius 3 is 2.03 bits per heavy atom. The van der Waals surface area contributed by atoms with Crippen LogP contribution >= 0.6 is 23.2 Å². The van der Waals surface area contributed by atoms with E-state index in [1.165, 1.54) is 18.1 Å². The zero-order valence-electron chi connectivity index (χ0n) is 20.9. The van der Waals surface area contributed by atoms with Gasteiger partial charge in [0, 0.05) is 29.4 Å². The molecule has 1 amide bonds. The number of benzene rings is 2. The molecule has 2 aromatic rings. The Morgan fingerprint density at radius 1 is 0.917 bits per heavy atom. The third-order valence-electron chi connectivity index (χ3n) is 6.65. The van der Waals surface area contributed by atoms with Gasteiger partial charge in [-0.1, -0.05) is 60.3 Å². The number of nitrogens with zero attached hydrogens (tertiary/aromatic N) is 1. The fourth-order valence-corrected chi connectivity index (χ4v) is 5.10. The largest absolute Gasteiger partial charge is 0.354 e. The number of amides is 1. The number of halogens is 2. The number of likely N-dealkylation sites (tertiary alicyclic amines) is 1. The Hall–Kier alpha value is -2.12. The van der Waals surface area contributed by atoms with Crippen LogP contribution < -0.4 is 5.32 Å². The molecule has 0 saturated carbocycles. The molecule has 0 aromatic heterocycles. The number of rotatable bonds is 13. The van der Waals surface area contributed by atoms with Crippen LogP contribution in [0.4, 0.5) is 0 Å². The van der Waals surface area contributed by atoms with Crippen LogP contribution in [-0.4, -0.2) is 49.6 Å². The van der Waals surface area contributed by atoms with Crippen LogP contribution in [0.25, 0.3) is 0 Å². The summed E-state index contributed by atoms with van der Waals surface area (Å²) in [6, 6.07) is 16.6. The van der Waals surface area contributed by atoms with Crippen molar-refractivity contribution in [3.63, 3.8) is 0 Å². The zero-order valence-corrected chi connectivity index (χ0v) is 22.4. The molecule has 0 radical (unpaired) electrons. The lowest BCUT2D eigenvalue weighted by molar-refractivity contribution is -0.266. The van der Waals surface area contributed by atoms with Gasteiger partial charge in [-0.05, 0) is 86.6 Å². The average molecular weight is 536 g/mol. The van der Waals surface area contributed by atoms with E-state index in [0.29, 0.717) is 18.4 Å². The maximum atomic E-state index is 11.6. The first-order chi connectivity index (χ1) is 17.4. The summed E-state index contributed by atoms with van der Waals surface area (Å²) >= 11 is 12.3. The lowest BCUT2D eigenvalue weighted by Gasteiger charge is -2.36. The van der Waals surface area contributed by atoms with Crippen molar-refractivity contribution in [2.24, 2.45) is 5.92 Å². The number of piperidine rings is 1. The normalized spacial score (nSPS) is 14.7. The first-order valence-corrected chi connectivity index (χ1v) is 13.5. The van der Waals surface area contributed by atoms with Crippen LogP contribution in [0.2, 0.25) is 10.0 Å². The number of carbonyl (C=O) groups excluding carboxylic acids is 2. The number of hydrogen-bond donors (Lipinski definition) is 1. The van der Waals surface area contributed by atoms with Gasteiger partial charge in [0.2, 0.25) is 5.91 Å². The Balaban J connectivity index is 1.36. The maximum absolute atomic E-state index is 11.6. The summed E-state index contributed by atoms with van der Waals surface area (Å²) in [5, 5.41) is 4.29. The van der Waals surface area contributed by atoms with Gasteiger partial charge in [0.05, 0.1) is 0 Å². The Bertz CT molecular complexity index is 900. The molecule has 0 atom stereocenters. The molecule has 36 heavy (non-hydrogen) atoms. The van der Waals surface area contributed by atoms with E-state index in [1.807, 2.05) is 24.3 Å². The molecule has 3 rings (SSSR count). The van der Waals surface area contributed by atoms with Gasteiger partial charge in [-0.25, -0.2) is 4.79 Å². The number of hydrogen-bond acceptors (Lipinski definition) is 5. The molecule has 2 aromatic carbocycles. The smallest absolute Gasteiger partial charge is 0.339 e. The minimum absolute atomic E-state index is 0.271. The first kappa shape index (κ1) is 28.5. The Kier molecular flexibility index (Phi) is 12.0. The van der Waals surface area contributed by atoms with Gasteiger partial charge in [-0.2, -0.15) is 4.89 Å². The van der Waals surface area contributed by atoms with Gasteiger partial charge < -0.3 is 10.2 Å². The highest BCUT2D eigenvalue weighted by Crippen LogP contribution is 2.38. The molecule has 0 aliphatic carbocycles. The third-order valence-corrected chi connectivity index (χ3v) is 7.16. The molecule has 1 heterocycles. The van der Waals surface area contributed by atoms with Gasteiger partial charge in [-0.3, -0.25) is 9.68 Å². The quantitative estimate of drug-likeness (QED) is 0.193. The van der Waals surface area contributed by atoms with Crippen LogP contribution in [0.3, 0.4) is 0 Å². The highest BCUT2D eigenvalue weighted by atomic mass is 35.5. The second-order valence-corrected chi connectivity index (χ2v) is 10.2. The lowest BCUT2D eigenvalue weighted by atomic mass is 9.76. The molecule has 1 aliphatic rings. The van der Waals surface area contributed by atoms with Gasteiger partial charge in [0.1, 0.15) is 0 Å². The number of nitrogens with one attached hydrogen (secondary N) is 1. The molecule has 8 heteroatoms. The van der Waals surface area contributed by atoms with Crippen LogP contribution in [0, 0.1) is 5.92 Å². The van der Waals surface area contributed by atoms with Crippen LogP contribution in [0.5, 0.6) is 0 Å². The molecule has 0 unspecified atom stereocenters. The van der Waals surface area contributed by atoms with E-state index < -0.39 is 5.97 Å². The summed E-state index contributed by atoms with van der Waals surface area (Å²) < 4.78 is 0. The van der Waals surface area contributed by atoms with E-state index in [-0.39, 0.29) is 12.5 Å². The van der Waals surface area contributed by atoms with Crippen molar-refractivity contribution in [1.29, 1.82) is 0 Å². The fourth-order valence-electron chi connectivity index (χ4n) is 4.85. The Morgan fingerprint density at radius 2 is 1.47 bits per heavy atom. The van der Waals surface area contributed by atoms with Gasteiger partial charge in [-0.15, -0.1) is 0 Å². The molecule has 6 nitrogen and oxygen atoms in total. The molecule has 1 N–H and O–H groups in total. The summed E-state index contributed by atoms with van der Waals surface area (Å²) in [6.45, 7) is 4.89. The summed E-state index contributed by atoms with van der Waals surface area (Å²) in [5.74, 6) is 0.0675. The zero-order chi connectivity index (χ0) is 25.8. The number of carbonyl (C=O) groups is 2. The predicted octanol–water partition coefficient (Wildman–Crippen LogP) is 6.01. The maximum Gasteiger partial charge on any atom is 0.339 e. The van der Waals surface area contributed by atoms with Crippen molar-refractivity contribution < 1.29 is 19.4 Å². The Labute approximate surface area is 224 Å². The van der Waals surface area contributed by atoms with Gasteiger partial charge >= 0.3 is 5.97 Å². The average Bonchev–Trinajstić information content (AvgIpc) is 2.86. The fraction of sp³-hybridized carbons (Fsp3) is 0.500. The van der Waals surface area contributed by atoms with Crippen molar-refractivity contribution in [1.82, 2.24) is 10.2 Å². The first-order valence-electron chi connectivity index (χ1n) is 12.7. The molecule has 1 saturated heterocycles. The second kappa shape index (κ2) is 15.2. The molecule has 1 aliphatic heterocycles. The van der Waals surface area contributed by atoms with Crippen molar-refractivity contribution in [3.8, 4) is 0 Å². The monoisotopic (exact) mass is 534 g/mol. The van der Waals surface area contributed by atoms with Crippen molar-refractivity contribution in [2.45, 2.75) is 51.4 Å². The van der Waals surface area contributed by atoms with E-state index in [2.05, 4.69) is 44.3 Å². The summed E-state index contributed by atoms with van der Waals surface area (Å²) in [4.78, 5) is 33.5. The molecular formula is C28H36Cl2N2O4. The number of unbranched alkanes of at least 4 members (excludes halogenated alkanes) is 3. The third kappa shape index (κ3) is 9.74. The summed E-state index contributed by atoms with van der Waals surface area (Å²) in [7, 11) is 0. The summed E-state index contributed by atoms with van der Waals surface area (Å²) in [6.07, 6.45) is 6.61. The summed E-state index contributed by atoms with van der Waals surface area (Å²) in [5.41, 5.74) is 2.62. The standard InChI is InChI=1S/C28H36Cl2N2O4/c1-21(33)36-35-20-27(34)31-16-4-2-3-5-17-32-18-14-24(15-19-32)28(22-6-10-25(29)11-7-22)23-8-12-26(30)13-9-23/h6-13,24,28H,2-5,14-20H2,1H3,(H,31,34). The highest BCUT2D eigenvalue weighted by molar-refractivity contribution is 6.30. The van der Waals surface area contributed by atoms with Crippen LogP contribution in [0.15, 0.2) is 48.5 Å². The van der Waals surface area contributed by atoms with Crippen molar-refractivity contribution in [2.75, 3.05) is 32.8 Å². The van der Waals surface area contributed by atoms with E-state index in [0.717, 1.165) is 68.2 Å². The molecule has 0 bridgehead atoms. The minimum Gasteiger partial charge on any atom is -0.354 e. The van der Waals surface area contributed by atoms with E-state index in [4.69, 9.17) is 23.2 Å². The van der Waals surface area contributed by atoms with E-state index in [9.17, 15) is 9.59 Å². The molecular weight excluding hydrogens is 499 g/mol. The second-order valence-electron chi connectivity index (χ2n) is 9.36.